The van der Waals surface area contributed by atoms with E-state index in [1.54, 1.807) is 4.57 Å². The number of nitrogens with zero attached hydrogens (tertiary/aromatic N) is 2. The fraction of sp³-hybridized carbons (Fsp3) is 0.467. The van der Waals surface area contributed by atoms with Crippen LogP contribution in [0.25, 0.3) is 11.0 Å². The van der Waals surface area contributed by atoms with Crippen LogP contribution >= 0.6 is 0 Å². The Morgan fingerprint density at radius 1 is 1.14 bits per heavy atom. The summed E-state index contributed by atoms with van der Waals surface area (Å²) in [5.74, 6) is 4.89. The zero-order valence-corrected chi connectivity index (χ0v) is 12.3. The predicted molar refractivity (Wildman–Crippen MR) is 82.7 cm³/mol. The number of carbonyl (C=O) groups excluding carboxylic acids is 1. The molecule has 0 bridgehead atoms. The van der Waals surface area contributed by atoms with Gasteiger partial charge in [-0.05, 0) is 31.9 Å². The number of aryl methyl sites for hydroxylation is 2. The summed E-state index contributed by atoms with van der Waals surface area (Å²) in [5, 5.41) is 0. The molecule has 1 aromatic heterocycles. The van der Waals surface area contributed by atoms with Crippen LogP contribution in [-0.4, -0.2) is 15.0 Å². The van der Waals surface area contributed by atoms with Crippen LogP contribution in [0.2, 0.25) is 0 Å². The zero-order valence-electron chi connectivity index (χ0n) is 12.3. The van der Waals surface area contributed by atoms with E-state index in [0.29, 0.717) is 19.5 Å². The maximum absolute atomic E-state index is 12.4. The summed E-state index contributed by atoms with van der Waals surface area (Å²) in [5.41, 5.74) is 4.12. The van der Waals surface area contributed by atoms with Crippen LogP contribution in [-0.2, 0) is 17.9 Å². The number of imidazole rings is 1. The topological polar surface area (TPSA) is 82.0 Å². The molecule has 6 nitrogen and oxygen atoms in total. The highest BCUT2D eigenvalue weighted by Crippen LogP contribution is 2.13. The molecule has 0 spiro atoms. The van der Waals surface area contributed by atoms with Crippen molar-refractivity contribution in [2.75, 3.05) is 0 Å². The van der Waals surface area contributed by atoms with Gasteiger partial charge in [0.15, 0.2) is 0 Å². The molecule has 1 heterocycles. The van der Waals surface area contributed by atoms with Gasteiger partial charge in [0.05, 0.1) is 11.0 Å². The molecule has 0 saturated carbocycles. The van der Waals surface area contributed by atoms with Gasteiger partial charge in [0.2, 0.25) is 5.91 Å². The highest BCUT2D eigenvalue weighted by atomic mass is 16.2. The molecule has 0 radical (unpaired) electrons. The maximum atomic E-state index is 12.4. The minimum Gasteiger partial charge on any atom is -0.294 e. The quantitative estimate of drug-likeness (QED) is 0.350. The minimum atomic E-state index is -0.144. The molecule has 6 heteroatoms. The summed E-state index contributed by atoms with van der Waals surface area (Å²) >= 11 is 0. The monoisotopic (exact) mass is 290 g/mol. The lowest BCUT2D eigenvalue weighted by Crippen LogP contribution is -2.29. The van der Waals surface area contributed by atoms with Crippen LogP contribution in [0.4, 0.5) is 0 Å². The Morgan fingerprint density at radius 3 is 2.43 bits per heavy atom. The van der Waals surface area contributed by atoms with E-state index < -0.39 is 0 Å². The molecule has 0 atom stereocenters. The van der Waals surface area contributed by atoms with E-state index in [4.69, 9.17) is 5.84 Å². The van der Waals surface area contributed by atoms with Gasteiger partial charge in [0.25, 0.3) is 0 Å². The van der Waals surface area contributed by atoms with Gasteiger partial charge in [-0.15, -0.1) is 0 Å². The van der Waals surface area contributed by atoms with Crippen LogP contribution in [0.1, 0.15) is 32.6 Å². The second-order valence-corrected chi connectivity index (χ2v) is 5.05. The molecule has 3 N–H and O–H groups in total. The van der Waals surface area contributed by atoms with Gasteiger partial charge in [-0.1, -0.05) is 18.6 Å². The summed E-state index contributed by atoms with van der Waals surface area (Å²) < 4.78 is 3.61. The van der Waals surface area contributed by atoms with Gasteiger partial charge in [-0.2, -0.15) is 0 Å². The molecule has 21 heavy (non-hydrogen) atoms. The molecule has 0 aliphatic carbocycles. The van der Waals surface area contributed by atoms with E-state index in [2.05, 4.69) is 5.43 Å². The number of aromatic nitrogens is 2. The Morgan fingerprint density at radius 2 is 1.81 bits per heavy atom. The Bertz CT molecular complexity index is 672. The Kier molecular flexibility index (Phi) is 5.16. The van der Waals surface area contributed by atoms with Crippen molar-refractivity contribution >= 4 is 16.9 Å². The number of carbonyl (C=O) groups is 1. The normalized spacial score (nSPS) is 11.0. The molecule has 1 aromatic carbocycles. The van der Waals surface area contributed by atoms with Crippen molar-refractivity contribution in [3.05, 3.63) is 34.7 Å². The average molecular weight is 290 g/mol. The van der Waals surface area contributed by atoms with Crippen molar-refractivity contribution < 1.29 is 4.79 Å². The standard InChI is InChI=1S/C15H22N4O2/c1-2-18-12-8-5-6-9-13(12)19(15(18)21)11-7-3-4-10-14(20)17-16/h5-6,8-9H,2-4,7,10-11,16H2,1H3,(H,17,20). The zero-order chi connectivity index (χ0) is 15.2. The Balaban J connectivity index is 2.04. The number of benzene rings is 1. The molecule has 0 aliphatic heterocycles. The average Bonchev–Trinajstić information content (AvgIpc) is 2.78. The third-order valence-corrected chi connectivity index (χ3v) is 3.69. The second-order valence-electron chi connectivity index (χ2n) is 5.05. The van der Waals surface area contributed by atoms with Crippen molar-refractivity contribution in [2.24, 2.45) is 5.84 Å². The Labute approximate surface area is 123 Å². The van der Waals surface area contributed by atoms with Gasteiger partial charge in [-0.25, -0.2) is 10.6 Å². The summed E-state index contributed by atoms with van der Waals surface area (Å²) in [6.07, 6.45) is 2.98. The van der Waals surface area contributed by atoms with E-state index in [-0.39, 0.29) is 11.6 Å². The molecule has 0 unspecified atom stereocenters. The van der Waals surface area contributed by atoms with E-state index in [1.165, 1.54) is 0 Å². The number of fused-ring (bicyclic) bond motifs is 1. The SMILES string of the molecule is CCn1c(=O)n(CCCCCC(=O)NN)c2ccccc21. The number of rotatable bonds is 7. The molecule has 0 fully saturated rings. The largest absolute Gasteiger partial charge is 0.329 e. The number of amides is 1. The van der Waals surface area contributed by atoms with Crippen LogP contribution in [0.15, 0.2) is 29.1 Å². The van der Waals surface area contributed by atoms with Crippen molar-refractivity contribution in [3.8, 4) is 0 Å². The number of hydrazine groups is 1. The lowest BCUT2D eigenvalue weighted by molar-refractivity contribution is -0.121. The maximum Gasteiger partial charge on any atom is 0.329 e. The van der Waals surface area contributed by atoms with Crippen molar-refractivity contribution in [3.63, 3.8) is 0 Å². The lowest BCUT2D eigenvalue weighted by Gasteiger charge is -2.03. The van der Waals surface area contributed by atoms with Crippen molar-refractivity contribution in [1.82, 2.24) is 14.6 Å². The van der Waals surface area contributed by atoms with Gasteiger partial charge in [0.1, 0.15) is 0 Å². The number of hydrogen-bond donors (Lipinski definition) is 2. The van der Waals surface area contributed by atoms with Gasteiger partial charge in [-0.3, -0.25) is 19.4 Å². The summed E-state index contributed by atoms with van der Waals surface area (Å²) in [4.78, 5) is 23.4. The van der Waals surface area contributed by atoms with E-state index >= 15 is 0 Å². The molecule has 2 rings (SSSR count). The summed E-state index contributed by atoms with van der Waals surface area (Å²) in [6.45, 7) is 3.32. The Hall–Kier alpha value is -2.08. The van der Waals surface area contributed by atoms with Gasteiger partial charge >= 0.3 is 5.69 Å². The number of hydrogen-bond acceptors (Lipinski definition) is 3. The first-order valence-corrected chi connectivity index (χ1v) is 7.36. The van der Waals surface area contributed by atoms with Gasteiger partial charge in [0, 0.05) is 19.5 Å². The van der Waals surface area contributed by atoms with Crippen molar-refractivity contribution in [2.45, 2.75) is 45.7 Å². The third kappa shape index (κ3) is 3.33. The van der Waals surface area contributed by atoms with E-state index in [0.717, 1.165) is 30.3 Å². The first-order valence-electron chi connectivity index (χ1n) is 7.36. The first-order chi connectivity index (χ1) is 10.2. The van der Waals surface area contributed by atoms with Crippen LogP contribution in [0, 0.1) is 0 Å². The molecule has 2 aromatic rings. The smallest absolute Gasteiger partial charge is 0.294 e. The third-order valence-electron chi connectivity index (χ3n) is 3.69. The predicted octanol–water partition coefficient (Wildman–Crippen LogP) is 1.37. The second kappa shape index (κ2) is 7.08. The molecular weight excluding hydrogens is 268 g/mol. The fourth-order valence-electron chi connectivity index (χ4n) is 2.60. The van der Waals surface area contributed by atoms with Crippen LogP contribution in [0.3, 0.4) is 0 Å². The molecule has 1 amide bonds. The number of nitrogens with two attached hydrogens (primary N) is 1. The molecule has 0 saturated heterocycles. The first kappa shape index (κ1) is 15.3. The number of para-hydroxylation sites is 2. The minimum absolute atomic E-state index is 0.0402. The van der Waals surface area contributed by atoms with Gasteiger partial charge < -0.3 is 0 Å². The van der Waals surface area contributed by atoms with E-state index in [9.17, 15) is 9.59 Å². The number of nitrogens with one attached hydrogen (secondary N) is 1. The summed E-state index contributed by atoms with van der Waals surface area (Å²) in [6, 6.07) is 7.85. The highest BCUT2D eigenvalue weighted by molar-refractivity contribution is 5.76. The van der Waals surface area contributed by atoms with Crippen LogP contribution < -0.4 is 17.0 Å². The molecule has 0 aliphatic rings. The number of unbranched alkanes of at least 4 members (excludes halogenated alkanes) is 2. The van der Waals surface area contributed by atoms with Crippen molar-refractivity contribution in [1.29, 1.82) is 0 Å². The van der Waals surface area contributed by atoms with Crippen LogP contribution in [0.5, 0.6) is 0 Å². The summed E-state index contributed by atoms with van der Waals surface area (Å²) in [7, 11) is 0. The molecular formula is C15H22N4O2. The fourth-order valence-corrected chi connectivity index (χ4v) is 2.60. The lowest BCUT2D eigenvalue weighted by atomic mass is 10.2. The highest BCUT2D eigenvalue weighted by Gasteiger charge is 2.10. The molecule has 114 valence electrons. The van der Waals surface area contributed by atoms with E-state index in [1.807, 2.05) is 35.8 Å².